The monoisotopic (exact) mass is 420 g/mol. The first-order valence-electron chi connectivity index (χ1n) is 7.99. The predicted molar refractivity (Wildman–Crippen MR) is 95.4 cm³/mol. The number of carbonyl (C=O) groups is 1. The third kappa shape index (κ3) is 6.48. The van der Waals surface area contributed by atoms with E-state index in [0.29, 0.717) is 10.6 Å². The molecule has 0 saturated carbocycles. The Morgan fingerprint density at radius 1 is 1.18 bits per heavy atom. The van der Waals surface area contributed by atoms with Crippen molar-refractivity contribution < 1.29 is 35.5 Å². The van der Waals surface area contributed by atoms with Gasteiger partial charge in [-0.2, -0.15) is 13.2 Å². The van der Waals surface area contributed by atoms with Gasteiger partial charge in [-0.05, 0) is 36.4 Å². The first kappa shape index (κ1) is 21.6. The van der Waals surface area contributed by atoms with Crippen molar-refractivity contribution in [1.82, 2.24) is 4.90 Å². The minimum atomic E-state index is -4.57. The van der Waals surface area contributed by atoms with E-state index in [1.54, 1.807) is 0 Å². The number of amides is 1. The molecule has 0 radical (unpaired) electrons. The van der Waals surface area contributed by atoms with Crippen molar-refractivity contribution >= 4 is 21.6 Å². The molecule has 0 saturated heterocycles. The van der Waals surface area contributed by atoms with Gasteiger partial charge < -0.3 is 14.1 Å². The van der Waals surface area contributed by atoms with Gasteiger partial charge in [-0.15, -0.1) is 0 Å². The number of rotatable bonds is 8. The van der Waals surface area contributed by atoms with Gasteiger partial charge >= 0.3 is 6.18 Å². The molecule has 0 aliphatic carbocycles. The van der Waals surface area contributed by atoms with Crippen molar-refractivity contribution in [2.45, 2.75) is 12.7 Å². The molecule has 1 aromatic carbocycles. The zero-order chi connectivity index (χ0) is 20.9. The quantitative estimate of drug-likeness (QED) is 0.656. The first-order valence-corrected chi connectivity index (χ1v) is 9.84. The number of anilines is 1. The minimum Gasteiger partial charge on any atom is -0.484 e. The fourth-order valence-electron chi connectivity index (χ4n) is 2.22. The Morgan fingerprint density at radius 3 is 2.32 bits per heavy atom. The molecule has 1 amide bonds. The summed E-state index contributed by atoms with van der Waals surface area (Å²) < 4.78 is 72.6. The molecule has 2 aromatic rings. The summed E-state index contributed by atoms with van der Waals surface area (Å²) in [7, 11) is -2.06. The lowest BCUT2D eigenvalue weighted by molar-refractivity contribution is -0.164. The van der Waals surface area contributed by atoms with Crippen molar-refractivity contribution in [2.75, 3.05) is 30.8 Å². The lowest BCUT2D eigenvalue weighted by atomic mass is 10.3. The highest BCUT2D eigenvalue weighted by molar-refractivity contribution is 7.92. The van der Waals surface area contributed by atoms with Crippen LogP contribution in [-0.4, -0.2) is 51.9 Å². The number of alkyl halides is 3. The molecule has 7 nitrogen and oxygen atoms in total. The first-order chi connectivity index (χ1) is 13.0. The van der Waals surface area contributed by atoms with Gasteiger partial charge in [-0.25, -0.2) is 8.42 Å². The number of hydrogen-bond acceptors (Lipinski definition) is 5. The smallest absolute Gasteiger partial charge is 0.406 e. The largest absolute Gasteiger partial charge is 0.484 e. The molecule has 0 fully saturated rings. The molecule has 11 heteroatoms. The van der Waals surface area contributed by atoms with Gasteiger partial charge in [-0.1, -0.05) is 0 Å². The van der Waals surface area contributed by atoms with Gasteiger partial charge in [0.25, 0.3) is 5.91 Å². The zero-order valence-corrected chi connectivity index (χ0v) is 16.0. The Kier molecular flexibility index (Phi) is 6.60. The van der Waals surface area contributed by atoms with Gasteiger partial charge in [0.1, 0.15) is 18.1 Å². The number of nitrogens with zero attached hydrogens (tertiary/aromatic N) is 2. The van der Waals surface area contributed by atoms with Crippen LogP contribution in [0, 0.1) is 0 Å². The molecular formula is C17H19F3N2O5S. The molecule has 0 N–H and O–H groups in total. The van der Waals surface area contributed by atoms with E-state index in [-0.39, 0.29) is 18.1 Å². The second-order valence-corrected chi connectivity index (χ2v) is 7.97. The Morgan fingerprint density at radius 2 is 1.82 bits per heavy atom. The van der Waals surface area contributed by atoms with E-state index < -0.39 is 35.3 Å². The van der Waals surface area contributed by atoms with E-state index in [9.17, 15) is 26.4 Å². The molecule has 1 aromatic heterocycles. The molecule has 28 heavy (non-hydrogen) atoms. The van der Waals surface area contributed by atoms with E-state index in [0.717, 1.165) is 10.6 Å². The number of benzene rings is 1. The van der Waals surface area contributed by atoms with E-state index >= 15 is 0 Å². The van der Waals surface area contributed by atoms with Crippen molar-refractivity contribution in [1.29, 1.82) is 0 Å². The minimum absolute atomic E-state index is 0.212. The molecule has 2 rings (SSSR count). The van der Waals surface area contributed by atoms with Gasteiger partial charge in [0, 0.05) is 7.05 Å². The standard InChI is InChI=1S/C17H19F3N2O5S/c1-21(28(2,24)25)13-5-7-14(8-6-13)27-11-16(23)22(12-17(18,19)20)10-15-4-3-9-26-15/h3-9H,10-12H2,1-2H3. The third-order valence-corrected chi connectivity index (χ3v) is 4.92. The maximum absolute atomic E-state index is 12.8. The van der Waals surface area contributed by atoms with Crippen molar-refractivity contribution in [3.05, 3.63) is 48.4 Å². The topological polar surface area (TPSA) is 80.1 Å². The van der Waals surface area contributed by atoms with Crippen molar-refractivity contribution in [3.63, 3.8) is 0 Å². The van der Waals surface area contributed by atoms with Crippen LogP contribution in [0.3, 0.4) is 0 Å². The van der Waals surface area contributed by atoms with Crippen LogP contribution in [0.15, 0.2) is 47.1 Å². The van der Waals surface area contributed by atoms with E-state index in [2.05, 4.69) is 0 Å². The fourth-order valence-corrected chi connectivity index (χ4v) is 2.72. The lowest BCUT2D eigenvalue weighted by Gasteiger charge is -2.23. The van der Waals surface area contributed by atoms with Crippen LogP contribution in [0.25, 0.3) is 0 Å². The Balaban J connectivity index is 2.01. The van der Waals surface area contributed by atoms with Crippen LogP contribution in [0.5, 0.6) is 5.75 Å². The molecule has 0 atom stereocenters. The number of ether oxygens (including phenoxy) is 1. The summed E-state index contributed by atoms with van der Waals surface area (Å²) in [5.41, 5.74) is 0.373. The summed E-state index contributed by atoms with van der Waals surface area (Å²) in [5, 5.41) is 0. The van der Waals surface area contributed by atoms with Crippen LogP contribution in [-0.2, 0) is 21.4 Å². The van der Waals surface area contributed by atoms with Crippen LogP contribution < -0.4 is 9.04 Å². The zero-order valence-electron chi connectivity index (χ0n) is 15.1. The molecule has 0 aliphatic heterocycles. The van der Waals surface area contributed by atoms with E-state index in [1.165, 1.54) is 49.7 Å². The molecule has 1 heterocycles. The number of carbonyl (C=O) groups excluding carboxylic acids is 1. The van der Waals surface area contributed by atoms with Gasteiger partial charge in [0.2, 0.25) is 10.0 Å². The van der Waals surface area contributed by atoms with Crippen molar-refractivity contribution in [2.24, 2.45) is 0 Å². The molecule has 0 aliphatic rings. The number of furan rings is 1. The van der Waals surface area contributed by atoms with Crippen LogP contribution in [0.2, 0.25) is 0 Å². The Bertz CT molecular complexity index is 881. The normalized spacial score (nSPS) is 11.9. The summed E-state index contributed by atoms with van der Waals surface area (Å²) in [6.45, 7) is -2.39. The van der Waals surface area contributed by atoms with E-state index in [4.69, 9.17) is 9.15 Å². The average molecular weight is 420 g/mol. The SMILES string of the molecule is CN(c1ccc(OCC(=O)N(Cc2ccco2)CC(F)(F)F)cc1)S(C)(=O)=O. The average Bonchev–Trinajstić information content (AvgIpc) is 3.10. The van der Waals surface area contributed by atoms with Gasteiger partial charge in [0.05, 0.1) is 24.8 Å². The molecule has 154 valence electrons. The van der Waals surface area contributed by atoms with Crippen LogP contribution >= 0.6 is 0 Å². The fraction of sp³-hybridized carbons (Fsp3) is 0.353. The Hall–Kier alpha value is -2.69. The second kappa shape index (κ2) is 8.55. The number of hydrogen-bond donors (Lipinski definition) is 0. The molecule has 0 unspecified atom stereocenters. The summed E-state index contributed by atoms with van der Waals surface area (Å²) in [4.78, 5) is 12.8. The summed E-state index contributed by atoms with van der Waals surface area (Å²) in [5.74, 6) is -0.444. The maximum atomic E-state index is 12.8. The van der Waals surface area contributed by atoms with E-state index in [1.807, 2.05) is 0 Å². The maximum Gasteiger partial charge on any atom is 0.406 e. The molecular weight excluding hydrogens is 401 g/mol. The second-order valence-electron chi connectivity index (χ2n) is 5.96. The lowest BCUT2D eigenvalue weighted by Crippen LogP contribution is -2.40. The highest BCUT2D eigenvalue weighted by Gasteiger charge is 2.33. The molecule has 0 bridgehead atoms. The predicted octanol–water partition coefficient (Wildman–Crippen LogP) is 2.65. The van der Waals surface area contributed by atoms with Crippen molar-refractivity contribution in [3.8, 4) is 5.75 Å². The van der Waals surface area contributed by atoms with Crippen LogP contribution in [0.1, 0.15) is 5.76 Å². The third-order valence-electron chi connectivity index (χ3n) is 3.71. The van der Waals surface area contributed by atoms with Gasteiger partial charge in [-0.3, -0.25) is 9.10 Å². The summed E-state index contributed by atoms with van der Waals surface area (Å²) in [6.07, 6.45) is -2.22. The summed E-state index contributed by atoms with van der Waals surface area (Å²) >= 11 is 0. The number of sulfonamides is 1. The highest BCUT2D eigenvalue weighted by atomic mass is 32.2. The van der Waals surface area contributed by atoms with Gasteiger partial charge in [0.15, 0.2) is 6.61 Å². The summed E-state index contributed by atoms with van der Waals surface area (Å²) in [6, 6.07) is 8.73. The number of halogens is 3. The molecule has 0 spiro atoms. The Labute approximate surface area is 160 Å². The highest BCUT2D eigenvalue weighted by Crippen LogP contribution is 2.21. The van der Waals surface area contributed by atoms with Crippen LogP contribution in [0.4, 0.5) is 18.9 Å².